The van der Waals surface area contributed by atoms with Gasteiger partial charge in [0.15, 0.2) is 5.69 Å². The van der Waals surface area contributed by atoms with Crippen LogP contribution >= 0.6 is 0 Å². The number of aromatic nitrogens is 3. The van der Waals surface area contributed by atoms with Crippen LogP contribution in [0.3, 0.4) is 0 Å². The highest BCUT2D eigenvalue weighted by Gasteiger charge is 2.22. The molecular formula is C21H27N5O2. The van der Waals surface area contributed by atoms with Gasteiger partial charge in [0.1, 0.15) is 0 Å². The third-order valence-electron chi connectivity index (χ3n) is 5.13. The largest absolute Gasteiger partial charge is 0.373 e. The Bertz CT molecular complexity index is 933. The van der Waals surface area contributed by atoms with Gasteiger partial charge in [-0.3, -0.25) is 14.4 Å². The molecule has 1 aliphatic rings. The van der Waals surface area contributed by atoms with E-state index < -0.39 is 0 Å². The van der Waals surface area contributed by atoms with Gasteiger partial charge in [-0.05, 0) is 32.0 Å². The molecule has 1 aromatic carbocycles. The van der Waals surface area contributed by atoms with Crippen molar-refractivity contribution < 1.29 is 9.53 Å². The van der Waals surface area contributed by atoms with E-state index in [1.54, 1.807) is 4.68 Å². The molecule has 4 rings (SSSR count). The summed E-state index contributed by atoms with van der Waals surface area (Å²) in [4.78, 5) is 18.3. The number of hydrogen-bond donors (Lipinski definition) is 2. The summed E-state index contributed by atoms with van der Waals surface area (Å²) in [5.74, 6) is -0.146. The lowest BCUT2D eigenvalue weighted by molar-refractivity contribution is -0.0672. The lowest BCUT2D eigenvalue weighted by Gasteiger charge is -2.35. The van der Waals surface area contributed by atoms with Crippen LogP contribution in [0.4, 0.5) is 0 Å². The Balaban J connectivity index is 1.39. The molecule has 2 atom stereocenters. The summed E-state index contributed by atoms with van der Waals surface area (Å²) in [6, 6.07) is 12.0. The molecule has 7 heteroatoms. The van der Waals surface area contributed by atoms with Gasteiger partial charge in [0.2, 0.25) is 0 Å². The number of benzene rings is 1. The number of carbonyl (C=O) groups excluding carboxylic acids is 1. The van der Waals surface area contributed by atoms with Gasteiger partial charge in [0, 0.05) is 44.1 Å². The maximum absolute atomic E-state index is 12.5. The van der Waals surface area contributed by atoms with E-state index in [9.17, 15) is 4.79 Å². The van der Waals surface area contributed by atoms with Crippen LogP contribution in [0.25, 0.3) is 22.3 Å². The molecule has 1 fully saturated rings. The van der Waals surface area contributed by atoms with Crippen molar-refractivity contribution in [1.82, 2.24) is 25.0 Å². The topological polar surface area (TPSA) is 75.2 Å². The fourth-order valence-corrected chi connectivity index (χ4v) is 3.93. The minimum Gasteiger partial charge on any atom is -0.373 e. The minimum absolute atomic E-state index is 0.146. The number of aromatic amines is 1. The first-order chi connectivity index (χ1) is 13.5. The first-order valence-electron chi connectivity index (χ1n) is 9.78. The molecule has 0 aliphatic carbocycles. The number of morpholine rings is 1. The maximum atomic E-state index is 12.5. The summed E-state index contributed by atoms with van der Waals surface area (Å²) in [7, 11) is 1.86. The molecule has 0 saturated carbocycles. The molecule has 7 nitrogen and oxygen atoms in total. The van der Waals surface area contributed by atoms with Crippen LogP contribution in [0.2, 0.25) is 0 Å². The number of fused-ring (bicyclic) bond motifs is 1. The predicted molar refractivity (Wildman–Crippen MR) is 109 cm³/mol. The molecule has 0 spiro atoms. The third kappa shape index (κ3) is 3.95. The van der Waals surface area contributed by atoms with Crippen LogP contribution in [-0.2, 0) is 11.8 Å². The summed E-state index contributed by atoms with van der Waals surface area (Å²) in [5, 5.41) is 8.52. The lowest BCUT2D eigenvalue weighted by atomic mass is 10.2. The molecule has 148 valence electrons. The zero-order valence-electron chi connectivity index (χ0n) is 16.6. The molecule has 2 N–H and O–H groups in total. The van der Waals surface area contributed by atoms with E-state index >= 15 is 0 Å². The van der Waals surface area contributed by atoms with Crippen LogP contribution < -0.4 is 5.32 Å². The van der Waals surface area contributed by atoms with Crippen LogP contribution in [-0.4, -0.2) is 64.0 Å². The Labute approximate surface area is 164 Å². The summed E-state index contributed by atoms with van der Waals surface area (Å²) in [5.41, 5.74) is 3.34. The van der Waals surface area contributed by atoms with Crippen molar-refractivity contribution in [2.75, 3.05) is 26.2 Å². The normalized spacial score (nSPS) is 20.5. The maximum Gasteiger partial charge on any atom is 0.271 e. The molecule has 2 aromatic heterocycles. The van der Waals surface area contributed by atoms with E-state index in [0.29, 0.717) is 12.2 Å². The van der Waals surface area contributed by atoms with Gasteiger partial charge in [0.05, 0.1) is 23.6 Å². The zero-order valence-corrected chi connectivity index (χ0v) is 16.6. The quantitative estimate of drug-likeness (QED) is 0.712. The van der Waals surface area contributed by atoms with Crippen LogP contribution in [0.5, 0.6) is 0 Å². The molecule has 0 bridgehead atoms. The molecule has 3 aromatic rings. The van der Waals surface area contributed by atoms with Gasteiger partial charge in [-0.25, -0.2) is 0 Å². The van der Waals surface area contributed by atoms with E-state index in [1.807, 2.05) is 31.3 Å². The predicted octanol–water partition coefficient (Wildman–Crippen LogP) is 2.41. The summed E-state index contributed by atoms with van der Waals surface area (Å²) < 4.78 is 7.49. The Morgan fingerprint density at radius 1 is 1.25 bits per heavy atom. The summed E-state index contributed by atoms with van der Waals surface area (Å²) in [6.45, 7) is 7.37. The van der Waals surface area contributed by atoms with Gasteiger partial charge in [-0.15, -0.1) is 0 Å². The monoisotopic (exact) mass is 381 g/mol. The highest BCUT2D eigenvalue weighted by molar-refractivity contribution is 5.94. The Morgan fingerprint density at radius 2 is 2.00 bits per heavy atom. The SMILES string of the molecule is CC1CN(CCNC(=O)c2cc(-c3cc4ccccc4[nH]3)n(C)n2)CC(C)O1. The van der Waals surface area contributed by atoms with Crippen LogP contribution in [0.15, 0.2) is 36.4 Å². The molecule has 28 heavy (non-hydrogen) atoms. The van der Waals surface area contributed by atoms with E-state index in [4.69, 9.17) is 4.74 Å². The van der Waals surface area contributed by atoms with E-state index in [-0.39, 0.29) is 18.1 Å². The van der Waals surface area contributed by atoms with Crippen LogP contribution in [0, 0.1) is 0 Å². The molecule has 1 amide bonds. The number of aryl methyl sites for hydroxylation is 1. The highest BCUT2D eigenvalue weighted by atomic mass is 16.5. The van der Waals surface area contributed by atoms with Crippen molar-refractivity contribution in [2.24, 2.45) is 7.05 Å². The fraction of sp³-hybridized carbons (Fsp3) is 0.429. The van der Waals surface area contributed by atoms with Crippen molar-refractivity contribution in [3.05, 3.63) is 42.1 Å². The standard InChI is InChI=1S/C21H27N5O2/c1-14-12-26(13-15(2)28-14)9-8-22-21(27)19-11-20(25(3)24-19)18-10-16-6-4-5-7-17(16)23-18/h4-7,10-11,14-15,23H,8-9,12-13H2,1-3H3,(H,22,27). The number of rotatable bonds is 5. The Kier molecular flexibility index (Phi) is 5.19. The molecular weight excluding hydrogens is 354 g/mol. The summed E-state index contributed by atoms with van der Waals surface area (Å²) >= 11 is 0. The number of nitrogens with one attached hydrogen (secondary N) is 2. The number of H-pyrrole nitrogens is 1. The van der Waals surface area contributed by atoms with Crippen molar-refractivity contribution in [3.8, 4) is 11.4 Å². The number of hydrogen-bond acceptors (Lipinski definition) is 4. The number of nitrogens with zero attached hydrogens (tertiary/aromatic N) is 3. The number of carbonyl (C=O) groups is 1. The summed E-state index contributed by atoms with van der Waals surface area (Å²) in [6.07, 6.45) is 0.461. The number of para-hydroxylation sites is 1. The number of ether oxygens (including phenoxy) is 1. The zero-order chi connectivity index (χ0) is 19.7. The highest BCUT2D eigenvalue weighted by Crippen LogP contribution is 2.24. The second kappa shape index (κ2) is 7.77. The van der Waals surface area contributed by atoms with Crippen molar-refractivity contribution >= 4 is 16.8 Å². The van der Waals surface area contributed by atoms with E-state index in [0.717, 1.165) is 41.9 Å². The fourth-order valence-electron chi connectivity index (χ4n) is 3.93. The second-order valence-corrected chi connectivity index (χ2v) is 7.58. The molecule has 1 saturated heterocycles. The first kappa shape index (κ1) is 18.7. The molecule has 0 radical (unpaired) electrons. The minimum atomic E-state index is -0.146. The van der Waals surface area contributed by atoms with Gasteiger partial charge in [-0.2, -0.15) is 5.10 Å². The van der Waals surface area contributed by atoms with Gasteiger partial charge >= 0.3 is 0 Å². The van der Waals surface area contributed by atoms with Gasteiger partial charge in [-0.1, -0.05) is 18.2 Å². The van der Waals surface area contributed by atoms with E-state index in [1.165, 1.54) is 0 Å². The first-order valence-corrected chi connectivity index (χ1v) is 9.78. The number of amides is 1. The smallest absolute Gasteiger partial charge is 0.271 e. The van der Waals surface area contributed by atoms with Gasteiger partial charge < -0.3 is 15.0 Å². The van der Waals surface area contributed by atoms with Gasteiger partial charge in [0.25, 0.3) is 5.91 Å². The third-order valence-corrected chi connectivity index (χ3v) is 5.13. The Hall–Kier alpha value is -2.64. The van der Waals surface area contributed by atoms with Crippen molar-refractivity contribution in [3.63, 3.8) is 0 Å². The molecule has 1 aliphatic heterocycles. The van der Waals surface area contributed by atoms with Crippen molar-refractivity contribution in [2.45, 2.75) is 26.1 Å². The van der Waals surface area contributed by atoms with E-state index in [2.05, 4.69) is 46.3 Å². The molecule has 2 unspecified atom stereocenters. The Morgan fingerprint density at radius 3 is 2.75 bits per heavy atom. The lowest BCUT2D eigenvalue weighted by Crippen LogP contribution is -2.47. The van der Waals surface area contributed by atoms with Crippen molar-refractivity contribution in [1.29, 1.82) is 0 Å². The average Bonchev–Trinajstić information content (AvgIpc) is 3.24. The second-order valence-electron chi connectivity index (χ2n) is 7.58. The molecule has 3 heterocycles. The average molecular weight is 381 g/mol. The van der Waals surface area contributed by atoms with Crippen LogP contribution in [0.1, 0.15) is 24.3 Å².